The predicted molar refractivity (Wildman–Crippen MR) is 72.8 cm³/mol. The van der Waals surface area contributed by atoms with Crippen LogP contribution in [0.2, 0.25) is 5.02 Å². The third-order valence-electron chi connectivity index (χ3n) is 3.69. The maximum absolute atomic E-state index is 6.09. The van der Waals surface area contributed by atoms with Crippen LogP contribution in [0, 0.1) is 6.92 Å². The van der Waals surface area contributed by atoms with Crippen molar-refractivity contribution < 1.29 is 0 Å². The zero-order chi connectivity index (χ0) is 11.8. The molecule has 0 amide bonds. The van der Waals surface area contributed by atoms with Gasteiger partial charge in [-0.1, -0.05) is 11.6 Å². The van der Waals surface area contributed by atoms with Gasteiger partial charge in [-0.25, -0.2) is 0 Å². The van der Waals surface area contributed by atoms with Crippen LogP contribution in [0.25, 0.3) is 10.9 Å². The average Bonchev–Trinajstić information content (AvgIpc) is 2.90. The number of rotatable bonds is 2. The molecule has 3 heteroatoms. The SMILES string of the molecule is Cc1[nH]c2ccc(Cl)cc2c1C[C@H]1CCCN1. The van der Waals surface area contributed by atoms with Crippen LogP contribution in [0.4, 0.5) is 0 Å². The van der Waals surface area contributed by atoms with Crippen molar-refractivity contribution in [1.29, 1.82) is 0 Å². The van der Waals surface area contributed by atoms with Crippen molar-refractivity contribution in [2.45, 2.75) is 32.2 Å². The van der Waals surface area contributed by atoms with Gasteiger partial charge in [0, 0.05) is 27.7 Å². The van der Waals surface area contributed by atoms with Crippen LogP contribution in [0.5, 0.6) is 0 Å². The normalized spacial score (nSPS) is 20.2. The molecule has 0 radical (unpaired) electrons. The summed E-state index contributed by atoms with van der Waals surface area (Å²) in [6.07, 6.45) is 3.69. The molecule has 3 rings (SSSR count). The van der Waals surface area contributed by atoms with Gasteiger partial charge in [-0.2, -0.15) is 0 Å². The quantitative estimate of drug-likeness (QED) is 0.838. The first-order valence-corrected chi connectivity index (χ1v) is 6.62. The van der Waals surface area contributed by atoms with Crippen molar-refractivity contribution in [2.24, 2.45) is 0 Å². The molecule has 1 aliphatic rings. The fourth-order valence-electron chi connectivity index (χ4n) is 2.79. The van der Waals surface area contributed by atoms with E-state index in [0.29, 0.717) is 6.04 Å². The lowest BCUT2D eigenvalue weighted by Gasteiger charge is -2.10. The van der Waals surface area contributed by atoms with Gasteiger partial charge in [0.1, 0.15) is 0 Å². The molecule has 2 heterocycles. The number of benzene rings is 1. The standard InChI is InChI=1S/C14H17ClN2/c1-9-12(8-11-3-2-6-16-11)13-7-10(15)4-5-14(13)17-9/h4-5,7,11,16-17H,2-3,6,8H2,1H3/t11-/m1/s1. The van der Waals surface area contributed by atoms with Crippen LogP contribution in [-0.2, 0) is 6.42 Å². The number of hydrogen-bond acceptors (Lipinski definition) is 1. The van der Waals surface area contributed by atoms with E-state index in [0.717, 1.165) is 18.0 Å². The van der Waals surface area contributed by atoms with Crippen molar-refractivity contribution in [3.63, 3.8) is 0 Å². The lowest BCUT2D eigenvalue weighted by molar-refractivity contribution is 0.603. The summed E-state index contributed by atoms with van der Waals surface area (Å²) < 4.78 is 0. The topological polar surface area (TPSA) is 27.8 Å². The minimum Gasteiger partial charge on any atom is -0.358 e. The second kappa shape index (κ2) is 4.35. The van der Waals surface area contributed by atoms with Gasteiger partial charge < -0.3 is 10.3 Å². The Labute approximate surface area is 106 Å². The van der Waals surface area contributed by atoms with Crippen molar-refractivity contribution in [2.75, 3.05) is 6.54 Å². The lowest BCUT2D eigenvalue weighted by Crippen LogP contribution is -2.23. The highest BCUT2D eigenvalue weighted by molar-refractivity contribution is 6.31. The summed E-state index contributed by atoms with van der Waals surface area (Å²) in [5.74, 6) is 0. The fourth-order valence-corrected chi connectivity index (χ4v) is 2.97. The number of nitrogens with one attached hydrogen (secondary N) is 2. The van der Waals surface area contributed by atoms with Crippen molar-refractivity contribution >= 4 is 22.5 Å². The molecule has 0 spiro atoms. The van der Waals surface area contributed by atoms with Crippen LogP contribution in [0.1, 0.15) is 24.1 Å². The maximum atomic E-state index is 6.09. The van der Waals surface area contributed by atoms with E-state index in [1.807, 2.05) is 6.07 Å². The summed E-state index contributed by atoms with van der Waals surface area (Å²) in [6, 6.07) is 6.71. The van der Waals surface area contributed by atoms with Crippen molar-refractivity contribution in [3.8, 4) is 0 Å². The Balaban J connectivity index is 2.01. The summed E-state index contributed by atoms with van der Waals surface area (Å²) >= 11 is 6.09. The molecule has 1 aliphatic heterocycles. The van der Waals surface area contributed by atoms with Gasteiger partial charge in [-0.15, -0.1) is 0 Å². The van der Waals surface area contributed by atoms with Crippen LogP contribution < -0.4 is 5.32 Å². The number of fused-ring (bicyclic) bond motifs is 1. The van der Waals surface area contributed by atoms with Crippen LogP contribution in [0.15, 0.2) is 18.2 Å². The monoisotopic (exact) mass is 248 g/mol. The van der Waals surface area contributed by atoms with Gasteiger partial charge in [0.15, 0.2) is 0 Å². The zero-order valence-electron chi connectivity index (χ0n) is 10.0. The van der Waals surface area contributed by atoms with Gasteiger partial charge in [-0.3, -0.25) is 0 Å². The molecule has 0 unspecified atom stereocenters. The second-order valence-electron chi connectivity index (χ2n) is 4.92. The highest BCUT2D eigenvalue weighted by atomic mass is 35.5. The Morgan fingerprint density at radius 1 is 1.41 bits per heavy atom. The van der Waals surface area contributed by atoms with Gasteiger partial charge >= 0.3 is 0 Å². The van der Waals surface area contributed by atoms with Gasteiger partial charge in [0.25, 0.3) is 0 Å². The van der Waals surface area contributed by atoms with E-state index in [4.69, 9.17) is 11.6 Å². The summed E-state index contributed by atoms with van der Waals surface area (Å²) in [6.45, 7) is 3.31. The molecule has 1 aromatic carbocycles. The Hall–Kier alpha value is -0.990. The first-order chi connectivity index (χ1) is 8.24. The first-order valence-electron chi connectivity index (χ1n) is 6.24. The Morgan fingerprint density at radius 2 is 2.29 bits per heavy atom. The van der Waals surface area contributed by atoms with E-state index < -0.39 is 0 Å². The molecular weight excluding hydrogens is 232 g/mol. The van der Waals surface area contributed by atoms with E-state index >= 15 is 0 Å². The van der Waals surface area contributed by atoms with Crippen LogP contribution in [-0.4, -0.2) is 17.6 Å². The van der Waals surface area contributed by atoms with Crippen LogP contribution in [0.3, 0.4) is 0 Å². The third kappa shape index (κ3) is 2.07. The molecule has 1 fully saturated rings. The highest BCUT2D eigenvalue weighted by Crippen LogP contribution is 2.27. The maximum Gasteiger partial charge on any atom is 0.0459 e. The summed E-state index contributed by atoms with van der Waals surface area (Å²) in [5, 5.41) is 5.65. The minimum atomic E-state index is 0.631. The molecule has 1 saturated heterocycles. The number of aromatic amines is 1. The highest BCUT2D eigenvalue weighted by Gasteiger charge is 2.18. The molecular formula is C14H17ClN2. The fraction of sp³-hybridized carbons (Fsp3) is 0.429. The first kappa shape index (κ1) is 11.1. The van der Waals surface area contributed by atoms with E-state index in [-0.39, 0.29) is 0 Å². The molecule has 2 N–H and O–H groups in total. The largest absolute Gasteiger partial charge is 0.358 e. The summed E-state index contributed by atoms with van der Waals surface area (Å²) in [7, 11) is 0. The van der Waals surface area contributed by atoms with E-state index in [9.17, 15) is 0 Å². The van der Waals surface area contributed by atoms with Crippen molar-refractivity contribution in [3.05, 3.63) is 34.5 Å². The Morgan fingerprint density at radius 3 is 3.06 bits per heavy atom. The Kier molecular flexibility index (Phi) is 2.85. The predicted octanol–water partition coefficient (Wildman–Crippen LogP) is 3.42. The Bertz CT molecular complexity index is 538. The van der Waals surface area contributed by atoms with E-state index in [1.165, 1.54) is 35.0 Å². The van der Waals surface area contributed by atoms with E-state index in [2.05, 4.69) is 29.4 Å². The van der Waals surface area contributed by atoms with Crippen LogP contribution >= 0.6 is 11.6 Å². The molecule has 1 atom stereocenters. The molecule has 0 saturated carbocycles. The molecule has 90 valence electrons. The summed E-state index contributed by atoms with van der Waals surface area (Å²) in [5.41, 5.74) is 3.89. The molecule has 17 heavy (non-hydrogen) atoms. The summed E-state index contributed by atoms with van der Waals surface area (Å²) in [4.78, 5) is 3.44. The molecule has 0 aliphatic carbocycles. The number of H-pyrrole nitrogens is 1. The number of hydrogen-bond donors (Lipinski definition) is 2. The number of aromatic nitrogens is 1. The average molecular weight is 249 g/mol. The molecule has 1 aromatic heterocycles. The smallest absolute Gasteiger partial charge is 0.0459 e. The van der Waals surface area contributed by atoms with Gasteiger partial charge in [0.05, 0.1) is 0 Å². The number of halogens is 1. The van der Waals surface area contributed by atoms with Gasteiger partial charge in [0.2, 0.25) is 0 Å². The van der Waals surface area contributed by atoms with E-state index in [1.54, 1.807) is 0 Å². The number of aryl methyl sites for hydroxylation is 1. The van der Waals surface area contributed by atoms with Gasteiger partial charge in [-0.05, 0) is 56.5 Å². The minimum absolute atomic E-state index is 0.631. The molecule has 2 aromatic rings. The molecule has 0 bridgehead atoms. The third-order valence-corrected chi connectivity index (χ3v) is 3.93. The molecule has 2 nitrogen and oxygen atoms in total. The second-order valence-corrected chi connectivity index (χ2v) is 5.35. The lowest BCUT2D eigenvalue weighted by atomic mass is 10.0. The zero-order valence-corrected chi connectivity index (χ0v) is 10.8. The van der Waals surface area contributed by atoms with Crippen molar-refractivity contribution in [1.82, 2.24) is 10.3 Å².